The van der Waals surface area contributed by atoms with Crippen molar-refractivity contribution >= 4 is 17.4 Å². The van der Waals surface area contributed by atoms with Crippen LogP contribution in [0.2, 0.25) is 5.02 Å². The van der Waals surface area contributed by atoms with Crippen molar-refractivity contribution in [3.63, 3.8) is 0 Å². The summed E-state index contributed by atoms with van der Waals surface area (Å²) in [5.41, 5.74) is -0.653. The Labute approximate surface area is 100 Å². The molecule has 1 aromatic carbocycles. The molecule has 2 nitrogen and oxygen atoms in total. The molecule has 0 amide bonds. The van der Waals surface area contributed by atoms with Crippen molar-refractivity contribution in [2.45, 2.75) is 37.7 Å². The second kappa shape index (κ2) is 4.56. The molecule has 1 aromatic rings. The third-order valence-corrected chi connectivity index (χ3v) is 3.43. The van der Waals surface area contributed by atoms with Crippen molar-refractivity contribution in [3.05, 3.63) is 34.9 Å². The van der Waals surface area contributed by atoms with Gasteiger partial charge in [-0.3, -0.25) is 4.79 Å². The van der Waals surface area contributed by atoms with Crippen LogP contribution in [-0.2, 0) is 0 Å². The zero-order valence-electron chi connectivity index (χ0n) is 9.08. The molecule has 1 aliphatic carbocycles. The number of carbonyl (C=O) groups is 1. The lowest BCUT2D eigenvalue weighted by Gasteiger charge is -2.30. The quantitative estimate of drug-likeness (QED) is 0.804. The third kappa shape index (κ3) is 2.28. The van der Waals surface area contributed by atoms with Crippen LogP contribution in [-0.4, -0.2) is 16.5 Å². The highest BCUT2D eigenvalue weighted by Crippen LogP contribution is 2.31. The second-order valence-corrected chi connectivity index (χ2v) is 4.87. The van der Waals surface area contributed by atoms with E-state index in [0.717, 1.165) is 19.3 Å². The standard InChI is InChI=1S/C13H15ClO2/c14-11-6-4-5-10(9-11)12(15)13(16)7-2-1-3-8-13/h4-6,9,16H,1-3,7-8H2. The Bertz CT molecular complexity index is 395. The predicted octanol–water partition coefficient (Wildman–Crippen LogP) is 3.22. The number of carbonyl (C=O) groups excluding carboxylic acids is 1. The summed E-state index contributed by atoms with van der Waals surface area (Å²) in [7, 11) is 0. The molecule has 1 fully saturated rings. The van der Waals surface area contributed by atoms with E-state index in [9.17, 15) is 9.90 Å². The molecule has 0 spiro atoms. The van der Waals surface area contributed by atoms with Gasteiger partial charge in [0.1, 0.15) is 5.60 Å². The van der Waals surface area contributed by atoms with E-state index in [1.165, 1.54) is 0 Å². The minimum atomic E-state index is -1.16. The number of hydrogen-bond donors (Lipinski definition) is 1. The molecule has 0 saturated heterocycles. The van der Waals surface area contributed by atoms with Crippen LogP contribution in [0.25, 0.3) is 0 Å². The first kappa shape index (κ1) is 11.6. The molecule has 2 rings (SSSR count). The van der Waals surface area contributed by atoms with Crippen LogP contribution in [0.4, 0.5) is 0 Å². The largest absolute Gasteiger partial charge is 0.382 e. The predicted molar refractivity (Wildman–Crippen MR) is 63.8 cm³/mol. The summed E-state index contributed by atoms with van der Waals surface area (Å²) in [4.78, 5) is 12.2. The second-order valence-electron chi connectivity index (χ2n) is 4.43. The Kier molecular flexibility index (Phi) is 3.31. The van der Waals surface area contributed by atoms with Crippen LogP contribution >= 0.6 is 11.6 Å². The maximum atomic E-state index is 12.2. The van der Waals surface area contributed by atoms with Crippen LogP contribution in [0.15, 0.2) is 24.3 Å². The van der Waals surface area contributed by atoms with Crippen molar-refractivity contribution in [2.24, 2.45) is 0 Å². The van der Waals surface area contributed by atoms with Gasteiger partial charge in [0.15, 0.2) is 5.78 Å². The molecule has 86 valence electrons. The summed E-state index contributed by atoms with van der Waals surface area (Å²) >= 11 is 5.84. The molecule has 1 saturated carbocycles. The molecular formula is C13H15ClO2. The topological polar surface area (TPSA) is 37.3 Å². The molecule has 1 aliphatic rings. The number of halogens is 1. The minimum Gasteiger partial charge on any atom is -0.382 e. The Morgan fingerprint density at radius 3 is 2.56 bits per heavy atom. The fraction of sp³-hybridized carbons (Fsp3) is 0.462. The van der Waals surface area contributed by atoms with Crippen LogP contribution in [0.3, 0.4) is 0 Å². The van der Waals surface area contributed by atoms with Crippen LogP contribution < -0.4 is 0 Å². The summed E-state index contributed by atoms with van der Waals surface area (Å²) in [5, 5.41) is 10.8. The van der Waals surface area contributed by atoms with Crippen LogP contribution in [0, 0.1) is 0 Å². The molecule has 1 N–H and O–H groups in total. The maximum Gasteiger partial charge on any atom is 0.194 e. The van der Waals surface area contributed by atoms with E-state index < -0.39 is 5.60 Å². The number of Topliss-reactive ketones (excluding diaryl/α,β-unsaturated/α-hetero) is 1. The summed E-state index contributed by atoms with van der Waals surface area (Å²) in [6.07, 6.45) is 4.08. The lowest BCUT2D eigenvalue weighted by atomic mass is 9.79. The van der Waals surface area contributed by atoms with Crippen molar-refractivity contribution in [1.82, 2.24) is 0 Å². The van der Waals surface area contributed by atoms with Gasteiger partial charge in [-0.25, -0.2) is 0 Å². The van der Waals surface area contributed by atoms with Crippen molar-refractivity contribution in [2.75, 3.05) is 0 Å². The average Bonchev–Trinajstić information content (AvgIpc) is 2.29. The normalized spacial score (nSPS) is 19.4. The molecule has 0 heterocycles. The number of hydrogen-bond acceptors (Lipinski definition) is 2. The van der Waals surface area contributed by atoms with Crippen molar-refractivity contribution < 1.29 is 9.90 Å². The Morgan fingerprint density at radius 1 is 1.25 bits per heavy atom. The zero-order valence-corrected chi connectivity index (χ0v) is 9.83. The van der Waals surface area contributed by atoms with Gasteiger partial charge in [-0.05, 0) is 25.0 Å². The van der Waals surface area contributed by atoms with Gasteiger partial charge >= 0.3 is 0 Å². The fourth-order valence-corrected chi connectivity index (χ4v) is 2.45. The molecule has 16 heavy (non-hydrogen) atoms. The van der Waals surface area contributed by atoms with E-state index in [2.05, 4.69) is 0 Å². The summed E-state index contributed by atoms with van der Waals surface area (Å²) in [6, 6.07) is 6.79. The number of rotatable bonds is 2. The minimum absolute atomic E-state index is 0.185. The smallest absolute Gasteiger partial charge is 0.194 e. The Balaban J connectivity index is 2.24. The highest BCUT2D eigenvalue weighted by molar-refractivity contribution is 6.31. The van der Waals surface area contributed by atoms with E-state index in [1.54, 1.807) is 24.3 Å². The SMILES string of the molecule is O=C(c1cccc(Cl)c1)C1(O)CCCCC1. The van der Waals surface area contributed by atoms with Gasteiger partial charge in [-0.15, -0.1) is 0 Å². The number of benzene rings is 1. The van der Waals surface area contributed by atoms with Gasteiger partial charge in [0, 0.05) is 10.6 Å². The summed E-state index contributed by atoms with van der Waals surface area (Å²) in [5.74, 6) is -0.185. The van der Waals surface area contributed by atoms with Crippen molar-refractivity contribution in [3.8, 4) is 0 Å². The molecule has 0 aliphatic heterocycles. The lowest BCUT2D eigenvalue weighted by Crippen LogP contribution is -2.40. The first-order chi connectivity index (χ1) is 7.62. The molecule has 0 aromatic heterocycles. The van der Waals surface area contributed by atoms with Gasteiger partial charge in [0.25, 0.3) is 0 Å². The van der Waals surface area contributed by atoms with Gasteiger partial charge in [-0.2, -0.15) is 0 Å². The van der Waals surface area contributed by atoms with Gasteiger partial charge < -0.3 is 5.11 Å². The van der Waals surface area contributed by atoms with Crippen LogP contribution in [0.5, 0.6) is 0 Å². The average molecular weight is 239 g/mol. The Hall–Kier alpha value is -0.860. The highest BCUT2D eigenvalue weighted by Gasteiger charge is 2.37. The molecule has 0 unspecified atom stereocenters. The molecule has 0 bridgehead atoms. The first-order valence-corrected chi connectivity index (χ1v) is 6.02. The first-order valence-electron chi connectivity index (χ1n) is 5.65. The molecule has 0 radical (unpaired) electrons. The summed E-state index contributed by atoms with van der Waals surface area (Å²) in [6.45, 7) is 0. The zero-order chi connectivity index (χ0) is 11.6. The van der Waals surface area contributed by atoms with E-state index in [1.807, 2.05) is 0 Å². The number of aliphatic hydroxyl groups is 1. The highest BCUT2D eigenvalue weighted by atomic mass is 35.5. The third-order valence-electron chi connectivity index (χ3n) is 3.19. The van der Waals surface area contributed by atoms with Gasteiger partial charge in [-0.1, -0.05) is 43.0 Å². The lowest BCUT2D eigenvalue weighted by molar-refractivity contribution is 0.0116. The van der Waals surface area contributed by atoms with Gasteiger partial charge in [0.05, 0.1) is 0 Å². The fourth-order valence-electron chi connectivity index (χ4n) is 2.26. The van der Waals surface area contributed by atoms with E-state index in [0.29, 0.717) is 23.4 Å². The monoisotopic (exact) mass is 238 g/mol. The maximum absolute atomic E-state index is 12.2. The van der Waals surface area contributed by atoms with E-state index >= 15 is 0 Å². The van der Waals surface area contributed by atoms with Crippen molar-refractivity contribution in [1.29, 1.82) is 0 Å². The van der Waals surface area contributed by atoms with E-state index in [4.69, 9.17) is 11.6 Å². The molecule has 0 atom stereocenters. The molecular weight excluding hydrogens is 224 g/mol. The van der Waals surface area contributed by atoms with Crippen LogP contribution in [0.1, 0.15) is 42.5 Å². The number of ketones is 1. The van der Waals surface area contributed by atoms with E-state index in [-0.39, 0.29) is 5.78 Å². The van der Waals surface area contributed by atoms with Gasteiger partial charge in [0.2, 0.25) is 0 Å². The molecule has 3 heteroatoms. The summed E-state index contributed by atoms with van der Waals surface area (Å²) < 4.78 is 0. The Morgan fingerprint density at radius 2 is 1.94 bits per heavy atom.